The van der Waals surface area contributed by atoms with Crippen molar-refractivity contribution in [1.29, 1.82) is 0 Å². The van der Waals surface area contributed by atoms with Crippen LogP contribution in [-0.4, -0.2) is 47.8 Å². The van der Waals surface area contributed by atoms with Crippen molar-refractivity contribution in [2.45, 2.75) is 89.9 Å². The van der Waals surface area contributed by atoms with Crippen LogP contribution in [0.15, 0.2) is 0 Å². The molecule has 176 valence electrons. The minimum absolute atomic E-state index is 0.0449. The maximum Gasteiger partial charge on any atom is 0.228 e. The SMILES string of the molecule is O=C(N1CCN(C(=O)C23CC4C[C@H](CC[C@@H](C4)C2)C3)CC1)C12CCC3C[C@H](C[C@@H](C3)C1)C2. The number of fused-ring (bicyclic) bond motifs is 2. The van der Waals surface area contributed by atoms with Crippen LogP contribution in [0, 0.1) is 46.3 Å². The second-order valence-electron chi connectivity index (χ2n) is 13.7. The van der Waals surface area contributed by atoms with Crippen molar-refractivity contribution in [3.8, 4) is 0 Å². The van der Waals surface area contributed by atoms with Gasteiger partial charge in [-0.05, 0) is 113 Å². The van der Waals surface area contributed by atoms with E-state index < -0.39 is 0 Å². The first-order chi connectivity index (χ1) is 15.5. The molecule has 4 heteroatoms. The first-order valence-corrected chi connectivity index (χ1v) is 14.1. The van der Waals surface area contributed by atoms with Crippen molar-refractivity contribution < 1.29 is 9.59 Å². The van der Waals surface area contributed by atoms with Crippen molar-refractivity contribution in [1.82, 2.24) is 9.80 Å². The molecule has 9 aliphatic rings. The molecule has 0 aromatic heterocycles. The van der Waals surface area contributed by atoms with E-state index in [0.29, 0.717) is 11.8 Å². The highest BCUT2D eigenvalue weighted by Gasteiger charge is 2.55. The highest BCUT2D eigenvalue weighted by Crippen LogP contribution is 2.59. The summed E-state index contributed by atoms with van der Waals surface area (Å²) in [6.07, 6.45) is 17.9. The quantitative estimate of drug-likeness (QED) is 0.617. The molecule has 4 nitrogen and oxygen atoms in total. The van der Waals surface area contributed by atoms with E-state index in [1.165, 1.54) is 51.4 Å². The van der Waals surface area contributed by atoms with Crippen LogP contribution < -0.4 is 0 Å². The van der Waals surface area contributed by atoms with Crippen molar-refractivity contribution in [2.24, 2.45) is 46.3 Å². The molecule has 0 radical (unpaired) electrons. The van der Waals surface area contributed by atoms with Gasteiger partial charge in [-0.1, -0.05) is 12.8 Å². The standard InChI is InChI=1S/C28H42N2O2/c31-25(27-4-3-19-9-22(16-27)13-23(10-19)17-27)29-5-7-30(8-6-29)26(32)28-14-20-1-2-21(15-28)12-24(11-20)18-28/h19-24H,1-18H2/t19?,20-,21-,22+,23+,24?,27?,28?/m0/s1. The molecule has 9 fully saturated rings. The lowest BCUT2D eigenvalue weighted by molar-refractivity contribution is -0.157. The van der Waals surface area contributed by atoms with Gasteiger partial charge < -0.3 is 9.80 Å². The van der Waals surface area contributed by atoms with Crippen molar-refractivity contribution in [3.63, 3.8) is 0 Å². The molecule has 0 spiro atoms. The van der Waals surface area contributed by atoms with Gasteiger partial charge in [-0.2, -0.15) is 0 Å². The average Bonchev–Trinajstić information content (AvgIpc) is 3.14. The van der Waals surface area contributed by atoms with E-state index in [1.807, 2.05) is 0 Å². The third-order valence-electron chi connectivity index (χ3n) is 11.5. The van der Waals surface area contributed by atoms with E-state index in [-0.39, 0.29) is 10.8 Å². The summed E-state index contributed by atoms with van der Waals surface area (Å²) in [7, 11) is 0. The molecule has 1 heterocycles. The molecule has 0 unspecified atom stereocenters. The number of piperazine rings is 1. The van der Waals surface area contributed by atoms with Crippen LogP contribution in [0.1, 0.15) is 89.9 Å². The zero-order chi connectivity index (χ0) is 21.5. The number of rotatable bonds is 2. The van der Waals surface area contributed by atoms with Crippen LogP contribution in [0.2, 0.25) is 0 Å². The summed E-state index contributed by atoms with van der Waals surface area (Å²) in [5.41, 5.74) is -0.0976. The van der Waals surface area contributed by atoms with Gasteiger partial charge in [0.1, 0.15) is 0 Å². The van der Waals surface area contributed by atoms with E-state index in [0.717, 1.165) is 100 Å². The lowest BCUT2D eigenvalue weighted by Gasteiger charge is -2.50. The number of carbonyl (C=O) groups is 2. The Morgan fingerprint density at radius 2 is 0.906 bits per heavy atom. The second-order valence-corrected chi connectivity index (χ2v) is 13.7. The fraction of sp³-hybridized carbons (Fsp3) is 0.929. The van der Waals surface area contributed by atoms with Crippen LogP contribution >= 0.6 is 0 Å². The number of amides is 2. The van der Waals surface area contributed by atoms with Gasteiger partial charge in [0, 0.05) is 31.6 Å². The Hall–Kier alpha value is -1.06. The second kappa shape index (κ2) is 7.22. The smallest absolute Gasteiger partial charge is 0.228 e. The summed E-state index contributed by atoms with van der Waals surface area (Å²) in [6.45, 7) is 3.10. The molecule has 4 atom stereocenters. The van der Waals surface area contributed by atoms with Gasteiger partial charge in [0.05, 0.1) is 5.41 Å². The molecule has 9 rings (SSSR count). The van der Waals surface area contributed by atoms with Gasteiger partial charge in [-0.15, -0.1) is 0 Å². The van der Waals surface area contributed by atoms with Gasteiger partial charge in [-0.3, -0.25) is 9.59 Å². The predicted molar refractivity (Wildman–Crippen MR) is 124 cm³/mol. The summed E-state index contributed by atoms with van der Waals surface area (Å²) in [4.78, 5) is 32.1. The monoisotopic (exact) mass is 438 g/mol. The highest BCUT2D eigenvalue weighted by atomic mass is 16.2. The van der Waals surface area contributed by atoms with Crippen molar-refractivity contribution in [2.75, 3.05) is 26.2 Å². The maximum atomic E-state index is 13.9. The summed E-state index contributed by atoms with van der Waals surface area (Å²) in [6, 6.07) is 0. The minimum Gasteiger partial charge on any atom is -0.339 e. The summed E-state index contributed by atoms with van der Waals surface area (Å²) >= 11 is 0. The molecule has 8 saturated carbocycles. The van der Waals surface area contributed by atoms with Crippen LogP contribution in [0.3, 0.4) is 0 Å². The third-order valence-corrected chi connectivity index (χ3v) is 11.5. The molecule has 0 N–H and O–H groups in total. The number of nitrogens with zero attached hydrogens (tertiary/aromatic N) is 2. The van der Waals surface area contributed by atoms with Crippen molar-refractivity contribution >= 4 is 11.8 Å². The van der Waals surface area contributed by atoms with Gasteiger partial charge in [-0.25, -0.2) is 0 Å². The Kier molecular flexibility index (Phi) is 4.58. The van der Waals surface area contributed by atoms with Crippen molar-refractivity contribution in [3.05, 3.63) is 0 Å². The van der Waals surface area contributed by atoms with Gasteiger partial charge in [0.2, 0.25) is 11.8 Å². The van der Waals surface area contributed by atoms with Crippen LogP contribution in [-0.2, 0) is 9.59 Å². The lowest BCUT2D eigenvalue weighted by Crippen LogP contribution is -2.58. The first-order valence-electron chi connectivity index (χ1n) is 14.1. The Labute approximate surface area is 193 Å². The van der Waals surface area contributed by atoms with Gasteiger partial charge >= 0.3 is 0 Å². The molecular formula is C28H42N2O2. The maximum absolute atomic E-state index is 13.9. The molecule has 0 aromatic rings. The van der Waals surface area contributed by atoms with Crippen LogP contribution in [0.25, 0.3) is 0 Å². The highest BCUT2D eigenvalue weighted by molar-refractivity contribution is 5.85. The molecule has 8 aliphatic carbocycles. The molecular weight excluding hydrogens is 396 g/mol. The lowest BCUT2D eigenvalue weighted by atomic mass is 9.58. The number of hydrogen-bond acceptors (Lipinski definition) is 2. The molecule has 1 saturated heterocycles. The van der Waals surface area contributed by atoms with E-state index in [9.17, 15) is 9.59 Å². The molecule has 0 aromatic carbocycles. The average molecular weight is 439 g/mol. The topological polar surface area (TPSA) is 40.6 Å². The summed E-state index contributed by atoms with van der Waals surface area (Å²) in [5, 5.41) is 0. The Bertz CT molecular complexity index is 733. The van der Waals surface area contributed by atoms with Crippen LogP contribution in [0.4, 0.5) is 0 Å². The fourth-order valence-electron chi connectivity index (χ4n) is 10.7. The zero-order valence-corrected chi connectivity index (χ0v) is 19.9. The fourth-order valence-corrected chi connectivity index (χ4v) is 10.7. The Morgan fingerprint density at radius 1 is 0.500 bits per heavy atom. The first kappa shape index (κ1) is 20.3. The molecule has 8 bridgehead atoms. The van der Waals surface area contributed by atoms with Gasteiger partial charge in [0.25, 0.3) is 0 Å². The van der Waals surface area contributed by atoms with E-state index in [4.69, 9.17) is 0 Å². The number of hydrogen-bond donors (Lipinski definition) is 0. The summed E-state index contributed by atoms with van der Waals surface area (Å²) < 4.78 is 0. The Morgan fingerprint density at radius 3 is 1.47 bits per heavy atom. The number of carbonyl (C=O) groups excluding carboxylic acids is 2. The summed E-state index contributed by atoms with van der Waals surface area (Å²) in [5.74, 6) is 5.85. The minimum atomic E-state index is -0.0527. The van der Waals surface area contributed by atoms with Gasteiger partial charge in [0.15, 0.2) is 0 Å². The van der Waals surface area contributed by atoms with E-state index in [2.05, 4.69) is 9.80 Å². The van der Waals surface area contributed by atoms with Crippen LogP contribution in [0.5, 0.6) is 0 Å². The predicted octanol–water partition coefficient (Wildman–Crippen LogP) is 4.87. The zero-order valence-electron chi connectivity index (χ0n) is 19.9. The normalized spacial score (nSPS) is 49.2. The molecule has 2 amide bonds. The molecule has 32 heavy (non-hydrogen) atoms. The molecule has 1 aliphatic heterocycles. The third kappa shape index (κ3) is 3.13. The Balaban J connectivity index is 1.04. The van der Waals surface area contributed by atoms with E-state index >= 15 is 0 Å². The van der Waals surface area contributed by atoms with E-state index in [1.54, 1.807) is 0 Å². The largest absolute Gasteiger partial charge is 0.339 e.